The van der Waals surface area contributed by atoms with Gasteiger partial charge in [-0.05, 0) is 93.9 Å². The van der Waals surface area contributed by atoms with E-state index in [9.17, 15) is 8.68 Å². The number of carbonyl (C=O) groups is 1. The van der Waals surface area contributed by atoms with E-state index in [-0.39, 0.29) is 18.1 Å². The number of allylic oxidation sites excluding steroid dienone is 8. The summed E-state index contributed by atoms with van der Waals surface area (Å²) in [4.78, 5) is 13.4. The lowest BCUT2D eigenvalue weighted by atomic mass is 9.82. The molecule has 4 heteroatoms. The van der Waals surface area contributed by atoms with E-state index in [1.807, 2.05) is 19.1 Å². The Labute approximate surface area is 229 Å². The van der Waals surface area contributed by atoms with Crippen molar-refractivity contribution in [2.75, 3.05) is 0 Å². The van der Waals surface area contributed by atoms with Crippen molar-refractivity contribution in [3.05, 3.63) is 86.9 Å². The Morgan fingerprint density at radius 3 is 2.46 bits per heavy atom. The average molecular weight is 524 g/mol. The van der Waals surface area contributed by atoms with Gasteiger partial charge < -0.3 is 5.32 Å². The van der Waals surface area contributed by atoms with Gasteiger partial charge in [0.1, 0.15) is 0 Å². The van der Waals surface area contributed by atoms with Crippen LogP contribution in [0, 0.1) is 11.8 Å². The van der Waals surface area contributed by atoms with Crippen LogP contribution in [-0.4, -0.2) is 5.91 Å². The summed E-state index contributed by atoms with van der Waals surface area (Å²) in [5, 5.41) is 3.00. The summed E-state index contributed by atoms with van der Waals surface area (Å²) in [5.41, 5.74) is 8.10. The van der Waals surface area contributed by atoms with Crippen molar-refractivity contribution in [2.45, 2.75) is 93.5 Å². The fourth-order valence-corrected chi connectivity index (χ4v) is 5.47. The molecule has 0 radical (unpaired) electrons. The van der Waals surface area contributed by atoms with Crippen LogP contribution in [0.15, 0.2) is 75.8 Å². The Kier molecular flexibility index (Phi) is 13.2. The first-order chi connectivity index (χ1) is 17.7. The average Bonchev–Trinajstić information content (AvgIpc) is 2.89. The van der Waals surface area contributed by atoms with Gasteiger partial charge in [-0.3, -0.25) is 4.79 Å². The third-order valence-corrected chi connectivity index (χ3v) is 8.15. The minimum Gasteiger partial charge on any atom is -0.348 e. The highest BCUT2D eigenvalue weighted by atomic mass is 32.2. The maximum Gasteiger partial charge on any atom is 0.252 e. The van der Waals surface area contributed by atoms with Crippen molar-refractivity contribution >= 4 is 23.6 Å². The van der Waals surface area contributed by atoms with E-state index in [1.54, 1.807) is 11.6 Å². The van der Waals surface area contributed by atoms with Crippen molar-refractivity contribution < 1.29 is 8.68 Å². The van der Waals surface area contributed by atoms with Crippen molar-refractivity contribution in [2.24, 2.45) is 11.8 Å². The van der Waals surface area contributed by atoms with Crippen LogP contribution in [0.25, 0.3) is 5.57 Å². The number of nitrogens with one attached hydrogen (secondary N) is 1. The lowest BCUT2D eigenvalue weighted by molar-refractivity contribution is -0.117. The highest BCUT2D eigenvalue weighted by Gasteiger charge is 2.19. The van der Waals surface area contributed by atoms with Gasteiger partial charge in [0, 0.05) is 6.54 Å². The van der Waals surface area contributed by atoms with Crippen molar-refractivity contribution in [1.29, 1.82) is 0 Å². The van der Waals surface area contributed by atoms with E-state index in [4.69, 9.17) is 0 Å². The third kappa shape index (κ3) is 9.17. The van der Waals surface area contributed by atoms with Gasteiger partial charge in [-0.2, -0.15) is 3.89 Å². The second kappa shape index (κ2) is 15.8. The van der Waals surface area contributed by atoms with Gasteiger partial charge in [0.15, 0.2) is 0 Å². The molecule has 0 spiro atoms. The number of amides is 1. The first kappa shape index (κ1) is 30.9. The molecule has 2 unspecified atom stereocenters. The highest BCUT2D eigenvalue weighted by molar-refractivity contribution is 7.98. The normalized spacial score (nSPS) is 17.8. The summed E-state index contributed by atoms with van der Waals surface area (Å²) in [6.07, 6.45) is 13.8. The van der Waals surface area contributed by atoms with E-state index in [2.05, 4.69) is 77.2 Å². The molecule has 37 heavy (non-hydrogen) atoms. The number of halogens is 1. The maximum absolute atomic E-state index is 13.7. The van der Waals surface area contributed by atoms with Gasteiger partial charge >= 0.3 is 0 Å². The standard InChI is InChI=1S/C33H46FNOS/c1-8-23(4)20-24(5)21-28(10-3)31(25(6)9-2)29-18-16-27(17-19-29)22-35-33(36)30-15-13-11-12-14-26(7)32(30)37-34/h8,11,13,15-19,24-25H,9-10,12,14,20-22H2,1-7H3,(H,35,36)/b13-11-,23-8-,30-15?,31-28+,32-26?. The molecule has 2 nitrogen and oxygen atoms in total. The first-order valence-electron chi connectivity index (χ1n) is 13.8. The van der Waals surface area contributed by atoms with E-state index < -0.39 is 0 Å². The fraction of sp³-hybridized carbons (Fsp3) is 0.485. The molecule has 0 saturated carbocycles. The van der Waals surface area contributed by atoms with Gasteiger partial charge in [0.05, 0.1) is 22.6 Å². The van der Waals surface area contributed by atoms with Crippen LogP contribution in [-0.2, 0) is 11.3 Å². The summed E-state index contributed by atoms with van der Waals surface area (Å²) in [5.74, 6) is 0.859. The molecule has 1 N–H and O–H groups in total. The van der Waals surface area contributed by atoms with E-state index in [1.165, 1.54) is 16.7 Å². The molecule has 0 fully saturated rings. The number of hydrogen-bond donors (Lipinski definition) is 1. The van der Waals surface area contributed by atoms with Gasteiger partial charge in [0.25, 0.3) is 5.91 Å². The molecule has 2 rings (SSSR count). The molecule has 0 saturated heterocycles. The Morgan fingerprint density at radius 2 is 1.86 bits per heavy atom. The Morgan fingerprint density at radius 1 is 1.16 bits per heavy atom. The zero-order chi connectivity index (χ0) is 27.4. The molecule has 0 aliphatic heterocycles. The van der Waals surface area contributed by atoms with Gasteiger partial charge in [-0.25, -0.2) is 0 Å². The predicted octanol–water partition coefficient (Wildman–Crippen LogP) is 10.1. The summed E-state index contributed by atoms with van der Waals surface area (Å²) in [6.45, 7) is 15.9. The van der Waals surface area contributed by atoms with Crippen LogP contribution in [0.4, 0.5) is 3.89 Å². The molecule has 0 bridgehead atoms. The molecule has 1 amide bonds. The SMILES string of the molecule is C/C=C(/C)CC(C)C/C(CC)=C(/c1ccc(CNC(=O)C2=C/C=C\CCC(C)=C2SF)cc1)C(C)CC. The minimum atomic E-state index is -0.242. The van der Waals surface area contributed by atoms with Crippen LogP contribution in [0.3, 0.4) is 0 Å². The summed E-state index contributed by atoms with van der Waals surface area (Å²) in [7, 11) is 0. The van der Waals surface area contributed by atoms with E-state index in [0.29, 0.717) is 28.9 Å². The quantitative estimate of drug-likeness (QED) is 0.276. The first-order valence-corrected chi connectivity index (χ1v) is 14.5. The second-order valence-corrected chi connectivity index (χ2v) is 11.0. The molecule has 202 valence electrons. The topological polar surface area (TPSA) is 29.1 Å². The molecule has 0 aromatic heterocycles. The Hall–Kier alpha value is -2.33. The van der Waals surface area contributed by atoms with Crippen molar-refractivity contribution in [3.63, 3.8) is 0 Å². The molecule has 0 heterocycles. The van der Waals surface area contributed by atoms with Crippen LogP contribution in [0.1, 0.15) is 98.1 Å². The fourth-order valence-electron chi connectivity index (χ4n) is 4.99. The zero-order valence-corrected chi connectivity index (χ0v) is 24.7. The zero-order valence-electron chi connectivity index (χ0n) is 23.9. The molecule has 1 aromatic carbocycles. The number of benzene rings is 1. The van der Waals surface area contributed by atoms with Gasteiger partial charge in [-0.1, -0.05) is 86.9 Å². The van der Waals surface area contributed by atoms with Crippen LogP contribution >= 0.6 is 12.1 Å². The summed E-state index contributed by atoms with van der Waals surface area (Å²) >= 11 is 0.166. The lowest BCUT2D eigenvalue weighted by Gasteiger charge is -2.23. The lowest BCUT2D eigenvalue weighted by Crippen LogP contribution is -2.25. The molecule has 2 atom stereocenters. The van der Waals surface area contributed by atoms with Crippen LogP contribution < -0.4 is 5.32 Å². The Bertz CT molecular complexity index is 1060. The van der Waals surface area contributed by atoms with Crippen molar-refractivity contribution in [1.82, 2.24) is 5.32 Å². The van der Waals surface area contributed by atoms with Crippen LogP contribution in [0.5, 0.6) is 0 Å². The molecule has 1 aliphatic rings. The van der Waals surface area contributed by atoms with Gasteiger partial charge in [0.2, 0.25) is 0 Å². The van der Waals surface area contributed by atoms with E-state index >= 15 is 0 Å². The second-order valence-electron chi connectivity index (χ2n) is 10.4. The maximum atomic E-state index is 13.7. The third-order valence-electron chi connectivity index (χ3n) is 7.43. The monoisotopic (exact) mass is 523 g/mol. The minimum absolute atomic E-state index is 0.166. The smallest absolute Gasteiger partial charge is 0.252 e. The van der Waals surface area contributed by atoms with E-state index in [0.717, 1.165) is 49.7 Å². The molecular weight excluding hydrogens is 477 g/mol. The largest absolute Gasteiger partial charge is 0.348 e. The Balaban J connectivity index is 2.22. The van der Waals surface area contributed by atoms with Gasteiger partial charge in [-0.15, -0.1) is 0 Å². The summed E-state index contributed by atoms with van der Waals surface area (Å²) < 4.78 is 13.7. The predicted molar refractivity (Wildman–Crippen MR) is 161 cm³/mol. The van der Waals surface area contributed by atoms with Crippen molar-refractivity contribution in [3.8, 4) is 0 Å². The molecule has 1 aromatic rings. The number of hydrogen-bond acceptors (Lipinski definition) is 2. The van der Waals surface area contributed by atoms with Crippen LogP contribution in [0.2, 0.25) is 0 Å². The highest BCUT2D eigenvalue weighted by Crippen LogP contribution is 2.35. The summed E-state index contributed by atoms with van der Waals surface area (Å²) in [6, 6.07) is 8.62. The number of rotatable bonds is 12. The molecule has 1 aliphatic carbocycles. The molecular formula is C33H46FNOS. The number of carbonyl (C=O) groups excluding carboxylic acids is 1.